The second-order valence-electron chi connectivity index (χ2n) is 5.03. The summed E-state index contributed by atoms with van der Waals surface area (Å²) in [6.45, 7) is 12.3. The maximum Gasteiger partial charge on any atom is 0.321 e. The number of hydrogen-bond acceptors (Lipinski definition) is 3. The van der Waals surface area contributed by atoms with E-state index < -0.39 is 4.75 Å². The van der Waals surface area contributed by atoms with Crippen molar-refractivity contribution in [2.75, 3.05) is 6.61 Å². The molecule has 0 fully saturated rings. The van der Waals surface area contributed by atoms with Gasteiger partial charge in [-0.3, -0.25) is 4.79 Å². The minimum absolute atomic E-state index is 0.160. The van der Waals surface area contributed by atoms with Crippen molar-refractivity contribution in [1.29, 1.82) is 0 Å². The molecule has 0 radical (unpaired) electrons. The van der Waals surface area contributed by atoms with E-state index in [2.05, 4.69) is 32.9 Å². The minimum Gasteiger partial charge on any atom is -0.465 e. The number of carbonyl (C=O) groups is 1. The second-order valence-corrected chi connectivity index (χ2v) is 6.70. The fraction of sp³-hybridized carbons (Fsp3) is 0.533. The van der Waals surface area contributed by atoms with Crippen LogP contribution >= 0.6 is 11.8 Å². The van der Waals surface area contributed by atoms with Gasteiger partial charge in [-0.2, -0.15) is 0 Å². The third-order valence-electron chi connectivity index (χ3n) is 2.92. The molecule has 0 saturated heterocycles. The smallest absolute Gasteiger partial charge is 0.321 e. The molecule has 0 N–H and O–H groups in total. The van der Waals surface area contributed by atoms with Crippen LogP contribution in [0.4, 0.5) is 0 Å². The molecule has 0 aliphatic carbocycles. The summed E-state index contributed by atoms with van der Waals surface area (Å²) in [5, 5.41) is 0. The lowest BCUT2D eigenvalue weighted by Crippen LogP contribution is -2.30. The molecule has 0 aliphatic rings. The predicted octanol–water partition coefficient (Wildman–Crippen LogP) is 4.05. The van der Waals surface area contributed by atoms with Gasteiger partial charge in [0.2, 0.25) is 0 Å². The number of hydrogen-bond donors (Lipinski definition) is 0. The van der Waals surface area contributed by atoms with Crippen molar-refractivity contribution < 1.29 is 9.53 Å². The van der Waals surface area contributed by atoms with E-state index in [1.807, 2.05) is 20.8 Å². The quantitative estimate of drug-likeness (QED) is 0.607. The molecule has 0 aliphatic heterocycles. The molecule has 0 saturated carbocycles. The van der Waals surface area contributed by atoms with Crippen LogP contribution in [-0.4, -0.2) is 17.3 Å². The Hall–Kier alpha value is -0.960. The average Bonchev–Trinajstić information content (AvgIpc) is 2.26. The van der Waals surface area contributed by atoms with Gasteiger partial charge < -0.3 is 4.74 Å². The first-order valence-electron chi connectivity index (χ1n) is 6.22. The maximum absolute atomic E-state index is 11.9. The van der Waals surface area contributed by atoms with Gasteiger partial charge in [0.1, 0.15) is 4.75 Å². The van der Waals surface area contributed by atoms with Gasteiger partial charge in [0.25, 0.3) is 0 Å². The first-order valence-corrected chi connectivity index (χ1v) is 7.03. The van der Waals surface area contributed by atoms with Crippen molar-refractivity contribution in [3.63, 3.8) is 0 Å². The van der Waals surface area contributed by atoms with Gasteiger partial charge in [0.15, 0.2) is 0 Å². The number of thioether (sulfide) groups is 1. The molecular formula is C15H22O2S. The zero-order valence-electron chi connectivity index (χ0n) is 12.1. The molecule has 1 aromatic carbocycles. The van der Waals surface area contributed by atoms with Crippen LogP contribution in [0.25, 0.3) is 0 Å². The number of benzene rings is 1. The largest absolute Gasteiger partial charge is 0.465 e. The molecule has 1 rings (SSSR count). The summed E-state index contributed by atoms with van der Waals surface area (Å²) in [5.41, 5.74) is 3.74. The molecule has 0 spiro atoms. The van der Waals surface area contributed by atoms with Gasteiger partial charge >= 0.3 is 5.97 Å². The number of aryl methyl sites for hydroxylation is 3. The molecule has 3 heteroatoms. The van der Waals surface area contributed by atoms with E-state index in [1.165, 1.54) is 16.7 Å². The molecule has 1 aromatic rings. The minimum atomic E-state index is -0.553. The Morgan fingerprint density at radius 1 is 1.17 bits per heavy atom. The maximum atomic E-state index is 11.9. The molecule has 0 bridgehead atoms. The number of rotatable bonds is 4. The van der Waals surface area contributed by atoms with E-state index in [1.54, 1.807) is 11.8 Å². The van der Waals surface area contributed by atoms with Gasteiger partial charge in [0, 0.05) is 4.90 Å². The summed E-state index contributed by atoms with van der Waals surface area (Å²) in [6, 6.07) is 4.31. The monoisotopic (exact) mass is 266 g/mol. The van der Waals surface area contributed by atoms with Crippen molar-refractivity contribution in [1.82, 2.24) is 0 Å². The van der Waals surface area contributed by atoms with Crippen molar-refractivity contribution in [3.05, 3.63) is 28.8 Å². The molecule has 0 amide bonds. The molecule has 0 atom stereocenters. The third-order valence-corrected chi connectivity index (χ3v) is 4.26. The third kappa shape index (κ3) is 3.52. The summed E-state index contributed by atoms with van der Waals surface area (Å²) in [6.07, 6.45) is 0. The molecule has 0 heterocycles. The van der Waals surface area contributed by atoms with Gasteiger partial charge in [0.05, 0.1) is 6.61 Å². The molecule has 100 valence electrons. The second kappa shape index (κ2) is 5.79. The Bertz CT molecular complexity index is 450. The SMILES string of the molecule is CCOC(=O)C(C)(C)Sc1cc(C)c(C)cc1C. The number of esters is 1. The summed E-state index contributed by atoms with van der Waals surface area (Å²) in [7, 11) is 0. The number of ether oxygens (including phenoxy) is 1. The average molecular weight is 266 g/mol. The lowest BCUT2D eigenvalue weighted by Gasteiger charge is -2.23. The van der Waals surface area contributed by atoms with Crippen molar-refractivity contribution in [2.24, 2.45) is 0 Å². The zero-order valence-corrected chi connectivity index (χ0v) is 12.9. The molecule has 18 heavy (non-hydrogen) atoms. The fourth-order valence-electron chi connectivity index (χ4n) is 1.67. The molecular weight excluding hydrogens is 244 g/mol. The summed E-state index contributed by atoms with van der Waals surface area (Å²) >= 11 is 1.57. The first kappa shape index (κ1) is 15.1. The Labute approximate surface area is 114 Å². The van der Waals surface area contributed by atoms with E-state index in [-0.39, 0.29) is 5.97 Å². The first-order chi connectivity index (χ1) is 8.27. The van der Waals surface area contributed by atoms with Gasteiger partial charge in [-0.15, -0.1) is 11.8 Å². The van der Waals surface area contributed by atoms with Crippen LogP contribution in [0.1, 0.15) is 37.5 Å². The summed E-state index contributed by atoms with van der Waals surface area (Å²) < 4.78 is 4.56. The van der Waals surface area contributed by atoms with E-state index >= 15 is 0 Å². The fourth-order valence-corrected chi connectivity index (χ4v) is 2.81. The Balaban J connectivity index is 2.97. The van der Waals surface area contributed by atoms with E-state index in [4.69, 9.17) is 4.74 Å². The molecule has 0 unspecified atom stereocenters. The van der Waals surface area contributed by atoms with Crippen LogP contribution in [0, 0.1) is 20.8 Å². The van der Waals surface area contributed by atoms with Crippen LogP contribution in [0.3, 0.4) is 0 Å². The van der Waals surface area contributed by atoms with Gasteiger partial charge in [-0.05, 0) is 64.3 Å². The Morgan fingerprint density at radius 2 is 1.72 bits per heavy atom. The zero-order chi connectivity index (χ0) is 13.9. The summed E-state index contributed by atoms with van der Waals surface area (Å²) in [5.74, 6) is -0.160. The van der Waals surface area contributed by atoms with Crippen molar-refractivity contribution in [2.45, 2.75) is 51.2 Å². The lowest BCUT2D eigenvalue weighted by atomic mass is 10.1. The van der Waals surface area contributed by atoms with Crippen molar-refractivity contribution >= 4 is 17.7 Å². The predicted molar refractivity (Wildman–Crippen MR) is 77.2 cm³/mol. The highest BCUT2D eigenvalue weighted by atomic mass is 32.2. The Kier molecular flexibility index (Phi) is 4.85. The van der Waals surface area contributed by atoms with Gasteiger partial charge in [-0.25, -0.2) is 0 Å². The Morgan fingerprint density at radius 3 is 2.28 bits per heavy atom. The molecule has 0 aromatic heterocycles. The molecule has 2 nitrogen and oxygen atoms in total. The number of carbonyl (C=O) groups excluding carboxylic acids is 1. The highest BCUT2D eigenvalue weighted by molar-refractivity contribution is 8.01. The van der Waals surface area contributed by atoms with Crippen LogP contribution in [0.5, 0.6) is 0 Å². The van der Waals surface area contributed by atoms with Crippen LogP contribution in [0.15, 0.2) is 17.0 Å². The van der Waals surface area contributed by atoms with E-state index in [0.29, 0.717) is 6.61 Å². The highest BCUT2D eigenvalue weighted by Crippen LogP contribution is 2.36. The van der Waals surface area contributed by atoms with Crippen LogP contribution in [-0.2, 0) is 9.53 Å². The van der Waals surface area contributed by atoms with Crippen LogP contribution < -0.4 is 0 Å². The van der Waals surface area contributed by atoms with Crippen LogP contribution in [0.2, 0.25) is 0 Å². The lowest BCUT2D eigenvalue weighted by molar-refractivity contribution is -0.145. The highest BCUT2D eigenvalue weighted by Gasteiger charge is 2.31. The normalized spacial score (nSPS) is 11.4. The van der Waals surface area contributed by atoms with E-state index in [9.17, 15) is 4.79 Å². The van der Waals surface area contributed by atoms with Gasteiger partial charge in [-0.1, -0.05) is 6.07 Å². The standard InChI is InChI=1S/C15H22O2S/c1-7-17-14(16)15(5,6)18-13-9-11(3)10(2)8-12(13)4/h8-9H,7H2,1-6H3. The van der Waals surface area contributed by atoms with Crippen molar-refractivity contribution in [3.8, 4) is 0 Å². The van der Waals surface area contributed by atoms with E-state index in [0.717, 1.165) is 4.90 Å². The summed E-state index contributed by atoms with van der Waals surface area (Å²) in [4.78, 5) is 13.0. The topological polar surface area (TPSA) is 26.3 Å².